The van der Waals surface area contributed by atoms with Crippen LogP contribution in [-0.2, 0) is 13.5 Å². The van der Waals surface area contributed by atoms with E-state index in [0.29, 0.717) is 5.75 Å². The third kappa shape index (κ3) is 2.03. The summed E-state index contributed by atoms with van der Waals surface area (Å²) in [5.41, 5.74) is 2.78. The average molecular weight is 220 g/mol. The van der Waals surface area contributed by atoms with E-state index in [0.717, 1.165) is 28.5 Å². The number of benzene rings is 1. The van der Waals surface area contributed by atoms with Crippen LogP contribution in [0.5, 0.6) is 5.75 Å². The van der Waals surface area contributed by atoms with Crippen molar-refractivity contribution in [3.63, 3.8) is 0 Å². The van der Waals surface area contributed by atoms with Gasteiger partial charge in [-0.05, 0) is 25.0 Å². The molecule has 0 aliphatic carbocycles. The van der Waals surface area contributed by atoms with Crippen LogP contribution in [0.1, 0.15) is 31.9 Å². The smallest absolute Gasteiger partial charge is 0.123 e. The average Bonchev–Trinajstić information content (AvgIpc) is 2.63. The van der Waals surface area contributed by atoms with Gasteiger partial charge >= 0.3 is 0 Å². The van der Waals surface area contributed by atoms with Crippen LogP contribution in [0.25, 0.3) is 10.9 Å². The zero-order chi connectivity index (χ0) is 12.3. The van der Waals surface area contributed by atoms with Gasteiger partial charge in [-0.3, -0.25) is 4.68 Å². The molecule has 0 amide bonds. The van der Waals surface area contributed by atoms with Crippen LogP contribution in [0.4, 0.5) is 0 Å². The molecule has 0 atom stereocenters. The van der Waals surface area contributed by atoms with Crippen molar-refractivity contribution in [1.82, 2.24) is 9.78 Å². The SMILES string of the molecule is CC.CCc1c(O)c(C)cc2cn(C)nc12. The van der Waals surface area contributed by atoms with Crippen LogP contribution in [0.15, 0.2) is 12.3 Å². The molecule has 0 aliphatic heterocycles. The molecule has 0 spiro atoms. The third-order valence-electron chi connectivity index (χ3n) is 2.53. The molecule has 0 unspecified atom stereocenters. The molecular weight excluding hydrogens is 200 g/mol. The number of rotatable bonds is 1. The molecule has 0 saturated heterocycles. The van der Waals surface area contributed by atoms with Crippen molar-refractivity contribution in [1.29, 1.82) is 0 Å². The van der Waals surface area contributed by atoms with Crippen molar-refractivity contribution < 1.29 is 5.11 Å². The number of nitrogens with zero attached hydrogens (tertiary/aromatic N) is 2. The van der Waals surface area contributed by atoms with Crippen LogP contribution < -0.4 is 0 Å². The van der Waals surface area contributed by atoms with Crippen molar-refractivity contribution in [2.75, 3.05) is 0 Å². The van der Waals surface area contributed by atoms with Gasteiger partial charge in [0.25, 0.3) is 0 Å². The number of phenols is 1. The van der Waals surface area contributed by atoms with Crippen LogP contribution in [0, 0.1) is 6.92 Å². The Balaban J connectivity index is 0.000000606. The summed E-state index contributed by atoms with van der Waals surface area (Å²) in [6.45, 7) is 7.95. The Morgan fingerprint density at radius 1 is 1.38 bits per heavy atom. The van der Waals surface area contributed by atoms with Gasteiger partial charge in [-0.15, -0.1) is 0 Å². The van der Waals surface area contributed by atoms with Gasteiger partial charge in [0.05, 0.1) is 5.52 Å². The summed E-state index contributed by atoms with van der Waals surface area (Å²) < 4.78 is 1.78. The van der Waals surface area contributed by atoms with E-state index in [1.807, 2.05) is 47.0 Å². The first-order valence-corrected chi connectivity index (χ1v) is 5.78. The van der Waals surface area contributed by atoms with E-state index in [1.54, 1.807) is 4.68 Å². The van der Waals surface area contributed by atoms with E-state index < -0.39 is 0 Å². The van der Waals surface area contributed by atoms with Crippen molar-refractivity contribution in [3.8, 4) is 5.75 Å². The zero-order valence-corrected chi connectivity index (χ0v) is 10.7. The third-order valence-corrected chi connectivity index (χ3v) is 2.53. The lowest BCUT2D eigenvalue weighted by molar-refractivity contribution is 0.465. The van der Waals surface area contributed by atoms with Crippen molar-refractivity contribution in [2.24, 2.45) is 7.05 Å². The Morgan fingerprint density at radius 2 is 2.00 bits per heavy atom. The zero-order valence-electron chi connectivity index (χ0n) is 10.7. The maximum absolute atomic E-state index is 9.86. The van der Waals surface area contributed by atoms with E-state index in [2.05, 4.69) is 5.10 Å². The fraction of sp³-hybridized carbons (Fsp3) is 0.462. The van der Waals surface area contributed by atoms with E-state index in [4.69, 9.17) is 0 Å². The highest BCUT2D eigenvalue weighted by Crippen LogP contribution is 2.29. The van der Waals surface area contributed by atoms with Gasteiger partial charge in [0.15, 0.2) is 0 Å². The summed E-state index contributed by atoms with van der Waals surface area (Å²) in [7, 11) is 1.89. The highest BCUT2D eigenvalue weighted by molar-refractivity contribution is 5.85. The van der Waals surface area contributed by atoms with Gasteiger partial charge in [-0.2, -0.15) is 5.10 Å². The first-order valence-electron chi connectivity index (χ1n) is 5.78. The van der Waals surface area contributed by atoms with Gasteiger partial charge in [-0.25, -0.2) is 0 Å². The fourth-order valence-electron chi connectivity index (χ4n) is 1.83. The molecule has 0 aliphatic rings. The number of hydrogen-bond donors (Lipinski definition) is 1. The van der Waals surface area contributed by atoms with Crippen LogP contribution >= 0.6 is 0 Å². The van der Waals surface area contributed by atoms with Gasteiger partial charge < -0.3 is 5.11 Å². The minimum Gasteiger partial charge on any atom is -0.507 e. The second-order valence-corrected chi connectivity index (χ2v) is 3.61. The maximum Gasteiger partial charge on any atom is 0.123 e. The van der Waals surface area contributed by atoms with Crippen molar-refractivity contribution in [2.45, 2.75) is 34.1 Å². The summed E-state index contributed by atoms with van der Waals surface area (Å²) >= 11 is 0. The van der Waals surface area contributed by atoms with E-state index in [1.165, 1.54) is 0 Å². The number of aryl methyl sites for hydroxylation is 3. The van der Waals surface area contributed by atoms with Gasteiger partial charge in [0.1, 0.15) is 5.75 Å². The van der Waals surface area contributed by atoms with Gasteiger partial charge in [0, 0.05) is 24.2 Å². The minimum atomic E-state index is 0.388. The Morgan fingerprint density at radius 3 is 2.56 bits per heavy atom. The molecule has 0 fully saturated rings. The summed E-state index contributed by atoms with van der Waals surface area (Å²) in [6, 6.07) is 1.97. The number of hydrogen-bond acceptors (Lipinski definition) is 2. The van der Waals surface area contributed by atoms with E-state index >= 15 is 0 Å². The van der Waals surface area contributed by atoms with Crippen LogP contribution in [0.3, 0.4) is 0 Å². The summed E-state index contributed by atoms with van der Waals surface area (Å²) in [5.74, 6) is 0.388. The molecule has 88 valence electrons. The lowest BCUT2D eigenvalue weighted by Gasteiger charge is -2.05. The Hall–Kier alpha value is -1.51. The minimum absolute atomic E-state index is 0.388. The topological polar surface area (TPSA) is 38.0 Å². The molecule has 1 aromatic heterocycles. The molecule has 3 nitrogen and oxygen atoms in total. The quantitative estimate of drug-likeness (QED) is 0.801. The standard InChI is InChI=1S/C11H14N2O.C2H6/c1-4-9-10-8(6-13(3)12-10)5-7(2)11(9)14;1-2/h5-6,14H,4H2,1-3H3;1-2H3. The van der Waals surface area contributed by atoms with Crippen molar-refractivity contribution >= 4 is 10.9 Å². The number of phenolic OH excluding ortho intramolecular Hbond substituents is 1. The molecule has 16 heavy (non-hydrogen) atoms. The highest BCUT2D eigenvalue weighted by Gasteiger charge is 2.11. The molecule has 1 aromatic carbocycles. The van der Waals surface area contributed by atoms with E-state index in [-0.39, 0.29) is 0 Å². The molecule has 0 bridgehead atoms. The van der Waals surface area contributed by atoms with Crippen LogP contribution in [-0.4, -0.2) is 14.9 Å². The molecule has 0 saturated carbocycles. The Kier molecular flexibility index (Phi) is 3.93. The predicted octanol–water partition coefficient (Wildman–Crippen LogP) is 3.18. The number of aromatic hydroxyl groups is 1. The lowest BCUT2D eigenvalue weighted by Crippen LogP contribution is -1.89. The monoisotopic (exact) mass is 220 g/mol. The molecular formula is C13H20N2O. The maximum atomic E-state index is 9.86. The first kappa shape index (κ1) is 12.6. The summed E-state index contributed by atoms with van der Waals surface area (Å²) in [5, 5.41) is 15.3. The molecule has 0 radical (unpaired) electrons. The molecule has 1 heterocycles. The highest BCUT2D eigenvalue weighted by atomic mass is 16.3. The largest absolute Gasteiger partial charge is 0.507 e. The second-order valence-electron chi connectivity index (χ2n) is 3.61. The Labute approximate surface area is 96.7 Å². The molecule has 1 N–H and O–H groups in total. The first-order chi connectivity index (χ1) is 7.63. The summed E-state index contributed by atoms with van der Waals surface area (Å²) in [4.78, 5) is 0. The molecule has 3 heteroatoms. The van der Waals surface area contributed by atoms with Crippen molar-refractivity contribution in [3.05, 3.63) is 23.4 Å². The summed E-state index contributed by atoms with van der Waals surface area (Å²) in [6.07, 6.45) is 2.78. The Bertz CT molecular complexity index is 486. The van der Waals surface area contributed by atoms with Gasteiger partial charge in [0.2, 0.25) is 0 Å². The van der Waals surface area contributed by atoms with Gasteiger partial charge in [-0.1, -0.05) is 20.8 Å². The predicted molar refractivity (Wildman–Crippen MR) is 67.8 cm³/mol. The number of fused-ring (bicyclic) bond motifs is 1. The normalized spacial score (nSPS) is 10.1. The second kappa shape index (κ2) is 5.01. The fourth-order valence-corrected chi connectivity index (χ4v) is 1.83. The molecule has 2 aromatic rings. The lowest BCUT2D eigenvalue weighted by atomic mass is 10.0. The number of aromatic nitrogens is 2. The molecule has 2 rings (SSSR count). The van der Waals surface area contributed by atoms with Crippen LogP contribution in [0.2, 0.25) is 0 Å². The van der Waals surface area contributed by atoms with E-state index in [9.17, 15) is 5.11 Å².